The largest absolute Gasteiger partial charge is 0.351 e. The summed E-state index contributed by atoms with van der Waals surface area (Å²) in [5.41, 5.74) is 0.693. The molecule has 0 aromatic heterocycles. The summed E-state index contributed by atoms with van der Waals surface area (Å²) in [4.78, 5) is 12.3. The Labute approximate surface area is 141 Å². The van der Waals surface area contributed by atoms with E-state index in [1.165, 1.54) is 32.1 Å². The molecular formula is C15H19Br2NOS. The fraction of sp³-hybridized carbons (Fsp3) is 0.533. The molecule has 1 saturated carbocycles. The van der Waals surface area contributed by atoms with Gasteiger partial charge in [0.15, 0.2) is 0 Å². The van der Waals surface area contributed by atoms with E-state index in [1.807, 2.05) is 30.0 Å². The van der Waals surface area contributed by atoms with Crippen molar-refractivity contribution < 1.29 is 4.79 Å². The predicted molar refractivity (Wildman–Crippen MR) is 93.5 cm³/mol. The second-order valence-corrected chi connectivity index (χ2v) is 8.39. The monoisotopic (exact) mass is 419 g/mol. The average molecular weight is 421 g/mol. The number of carbonyl (C=O) groups excluding carboxylic acids is 1. The van der Waals surface area contributed by atoms with E-state index in [9.17, 15) is 4.79 Å². The van der Waals surface area contributed by atoms with Crippen molar-refractivity contribution in [1.29, 1.82) is 0 Å². The average Bonchev–Trinajstić information content (AvgIpc) is 2.45. The number of hydrogen-bond acceptors (Lipinski definition) is 2. The number of halogens is 2. The zero-order chi connectivity index (χ0) is 14.6. The van der Waals surface area contributed by atoms with Gasteiger partial charge in [0.25, 0.3) is 5.91 Å². The van der Waals surface area contributed by atoms with Gasteiger partial charge in [-0.25, -0.2) is 0 Å². The molecule has 20 heavy (non-hydrogen) atoms. The predicted octanol–water partition coefficient (Wildman–Crippen LogP) is 5.01. The maximum atomic E-state index is 12.3. The molecule has 0 bridgehead atoms. The molecule has 2 nitrogen and oxygen atoms in total. The van der Waals surface area contributed by atoms with E-state index in [1.54, 1.807) is 0 Å². The van der Waals surface area contributed by atoms with Gasteiger partial charge in [-0.2, -0.15) is 11.8 Å². The van der Waals surface area contributed by atoms with E-state index in [-0.39, 0.29) is 10.7 Å². The molecule has 1 N–H and O–H groups in total. The second-order valence-electron chi connectivity index (χ2n) is 5.29. The van der Waals surface area contributed by atoms with E-state index >= 15 is 0 Å². The third-order valence-electron chi connectivity index (χ3n) is 3.89. The summed E-state index contributed by atoms with van der Waals surface area (Å²) in [6.07, 6.45) is 8.45. The Balaban J connectivity index is 2.00. The summed E-state index contributed by atoms with van der Waals surface area (Å²) >= 11 is 8.74. The molecule has 2 rings (SSSR count). The summed E-state index contributed by atoms with van der Waals surface area (Å²) in [7, 11) is 0. The van der Waals surface area contributed by atoms with Crippen molar-refractivity contribution >= 4 is 49.5 Å². The molecule has 1 aliphatic carbocycles. The van der Waals surface area contributed by atoms with Crippen molar-refractivity contribution in [3.05, 3.63) is 32.7 Å². The van der Waals surface area contributed by atoms with Crippen molar-refractivity contribution in [2.45, 2.75) is 36.9 Å². The Hall–Kier alpha value is -0.000000000000000111. The fourth-order valence-corrected chi connectivity index (χ4v) is 4.88. The van der Waals surface area contributed by atoms with Crippen LogP contribution in [0.2, 0.25) is 0 Å². The minimum atomic E-state index is 0.00555. The lowest BCUT2D eigenvalue weighted by molar-refractivity contribution is 0.0947. The third-order valence-corrected chi connectivity index (χ3v) is 6.23. The number of rotatable bonds is 4. The number of thioether (sulfide) groups is 1. The standard InChI is InChI=1S/C15H19Br2NOS/c1-20-15(5-3-2-4-6-15)10-18-14(19)11-7-12(16)9-13(17)8-11/h7-9H,2-6,10H2,1H3,(H,18,19). The Kier molecular flexibility index (Phi) is 5.99. The third kappa shape index (κ3) is 4.25. The van der Waals surface area contributed by atoms with Crippen LogP contribution in [-0.4, -0.2) is 23.5 Å². The molecule has 5 heteroatoms. The summed E-state index contributed by atoms with van der Waals surface area (Å²) in [6, 6.07) is 5.64. The molecular weight excluding hydrogens is 402 g/mol. The first kappa shape index (κ1) is 16.4. The lowest BCUT2D eigenvalue weighted by Crippen LogP contribution is -2.41. The van der Waals surface area contributed by atoms with Crippen molar-refractivity contribution in [2.75, 3.05) is 12.8 Å². The second kappa shape index (κ2) is 7.32. The van der Waals surface area contributed by atoms with Gasteiger partial charge in [-0.3, -0.25) is 4.79 Å². The summed E-state index contributed by atoms with van der Waals surface area (Å²) in [5, 5.41) is 3.11. The van der Waals surface area contributed by atoms with Gasteiger partial charge in [-0.1, -0.05) is 51.1 Å². The molecule has 1 amide bonds. The molecule has 1 aliphatic rings. The van der Waals surface area contributed by atoms with E-state index < -0.39 is 0 Å². The highest BCUT2D eigenvalue weighted by atomic mass is 79.9. The highest BCUT2D eigenvalue weighted by molar-refractivity contribution is 9.11. The van der Waals surface area contributed by atoms with Crippen LogP contribution < -0.4 is 5.32 Å². The van der Waals surface area contributed by atoms with Crippen LogP contribution in [0.1, 0.15) is 42.5 Å². The van der Waals surface area contributed by atoms with Gasteiger partial charge in [0.2, 0.25) is 0 Å². The van der Waals surface area contributed by atoms with Gasteiger partial charge < -0.3 is 5.32 Å². The minimum Gasteiger partial charge on any atom is -0.351 e. The number of hydrogen-bond donors (Lipinski definition) is 1. The van der Waals surface area contributed by atoms with Crippen LogP contribution >= 0.6 is 43.6 Å². The highest BCUT2D eigenvalue weighted by Gasteiger charge is 2.31. The number of nitrogens with one attached hydrogen (secondary N) is 1. The normalized spacial score (nSPS) is 17.8. The van der Waals surface area contributed by atoms with Crippen LogP contribution in [0.15, 0.2) is 27.1 Å². The highest BCUT2D eigenvalue weighted by Crippen LogP contribution is 2.38. The zero-order valence-electron chi connectivity index (χ0n) is 11.5. The van der Waals surface area contributed by atoms with Crippen molar-refractivity contribution in [3.8, 4) is 0 Å². The SMILES string of the molecule is CSC1(CNC(=O)c2cc(Br)cc(Br)c2)CCCCC1. The van der Waals surface area contributed by atoms with E-state index in [2.05, 4.69) is 43.4 Å². The van der Waals surface area contributed by atoms with E-state index in [0.717, 1.165) is 15.5 Å². The van der Waals surface area contributed by atoms with Crippen LogP contribution in [0.3, 0.4) is 0 Å². The first-order valence-electron chi connectivity index (χ1n) is 6.84. The summed E-state index contributed by atoms with van der Waals surface area (Å²) < 4.78 is 2.06. The Morgan fingerprint density at radius 2 is 1.80 bits per heavy atom. The number of benzene rings is 1. The Morgan fingerprint density at radius 3 is 2.35 bits per heavy atom. The first-order chi connectivity index (χ1) is 9.54. The van der Waals surface area contributed by atoms with Gasteiger partial charge in [-0.05, 0) is 37.3 Å². The molecule has 1 aromatic carbocycles. The molecule has 0 unspecified atom stereocenters. The summed E-state index contributed by atoms with van der Waals surface area (Å²) in [5.74, 6) is 0.00555. The Morgan fingerprint density at radius 1 is 1.20 bits per heavy atom. The van der Waals surface area contributed by atoms with E-state index in [0.29, 0.717) is 5.56 Å². The van der Waals surface area contributed by atoms with Crippen LogP contribution in [0.25, 0.3) is 0 Å². The van der Waals surface area contributed by atoms with Crippen LogP contribution in [0.5, 0.6) is 0 Å². The quantitative estimate of drug-likeness (QED) is 0.741. The Bertz CT molecular complexity index is 467. The minimum absolute atomic E-state index is 0.00555. The maximum absolute atomic E-state index is 12.3. The van der Waals surface area contributed by atoms with E-state index in [4.69, 9.17) is 0 Å². The zero-order valence-corrected chi connectivity index (χ0v) is 15.5. The van der Waals surface area contributed by atoms with Crippen molar-refractivity contribution in [1.82, 2.24) is 5.32 Å². The molecule has 1 aromatic rings. The molecule has 0 aliphatic heterocycles. The molecule has 0 heterocycles. The fourth-order valence-electron chi connectivity index (χ4n) is 2.68. The number of amides is 1. The number of carbonyl (C=O) groups is 1. The molecule has 0 atom stereocenters. The van der Waals surface area contributed by atoms with Crippen LogP contribution in [0, 0.1) is 0 Å². The summed E-state index contributed by atoms with van der Waals surface area (Å²) in [6.45, 7) is 0.761. The molecule has 0 saturated heterocycles. The van der Waals surface area contributed by atoms with Gasteiger partial charge in [0.05, 0.1) is 0 Å². The maximum Gasteiger partial charge on any atom is 0.251 e. The van der Waals surface area contributed by atoms with Crippen LogP contribution in [-0.2, 0) is 0 Å². The topological polar surface area (TPSA) is 29.1 Å². The first-order valence-corrected chi connectivity index (χ1v) is 9.65. The van der Waals surface area contributed by atoms with Crippen LogP contribution in [0.4, 0.5) is 0 Å². The van der Waals surface area contributed by atoms with Crippen molar-refractivity contribution in [3.63, 3.8) is 0 Å². The van der Waals surface area contributed by atoms with Gasteiger partial charge >= 0.3 is 0 Å². The lowest BCUT2D eigenvalue weighted by Gasteiger charge is -2.35. The molecule has 110 valence electrons. The van der Waals surface area contributed by atoms with Gasteiger partial charge in [-0.15, -0.1) is 0 Å². The molecule has 0 radical (unpaired) electrons. The van der Waals surface area contributed by atoms with Crippen molar-refractivity contribution in [2.24, 2.45) is 0 Å². The van der Waals surface area contributed by atoms with Gasteiger partial charge in [0, 0.05) is 25.8 Å². The molecule has 0 spiro atoms. The lowest BCUT2D eigenvalue weighted by atomic mass is 9.88. The smallest absolute Gasteiger partial charge is 0.251 e. The van der Waals surface area contributed by atoms with Gasteiger partial charge in [0.1, 0.15) is 0 Å². The molecule has 1 fully saturated rings.